The Balaban J connectivity index is 1.83. The maximum absolute atomic E-state index is 11.8. The topological polar surface area (TPSA) is 45.7 Å². The van der Waals surface area contributed by atoms with E-state index in [1.165, 1.54) is 11.1 Å². The van der Waals surface area contributed by atoms with E-state index in [0.717, 1.165) is 25.4 Å². The quantitative estimate of drug-likeness (QED) is 0.866. The first kappa shape index (κ1) is 16.5. The van der Waals surface area contributed by atoms with Gasteiger partial charge in [-0.05, 0) is 29.3 Å². The number of amides is 1. The van der Waals surface area contributed by atoms with Gasteiger partial charge in [0, 0.05) is 45.5 Å². The van der Waals surface area contributed by atoms with E-state index < -0.39 is 0 Å². The molecule has 1 atom stereocenters. The van der Waals surface area contributed by atoms with Gasteiger partial charge in [-0.3, -0.25) is 14.7 Å². The van der Waals surface area contributed by atoms with E-state index in [-0.39, 0.29) is 11.9 Å². The minimum atomic E-state index is 0.134. The van der Waals surface area contributed by atoms with Crippen LogP contribution in [0.3, 0.4) is 0 Å². The molecule has 0 aliphatic carbocycles. The fourth-order valence-electron chi connectivity index (χ4n) is 3.16. The summed E-state index contributed by atoms with van der Waals surface area (Å²) >= 11 is 0. The van der Waals surface area contributed by atoms with Gasteiger partial charge >= 0.3 is 0 Å². The number of aromatic nitrogens is 1. The highest BCUT2D eigenvalue weighted by atomic mass is 16.5. The number of pyridine rings is 1. The zero-order chi connectivity index (χ0) is 16.9. The number of nitrogens with zero attached hydrogens (tertiary/aromatic N) is 3. The standard InChI is InChI=1S/C19H23N3O2/c1-15(23)21-10-11-22(13-16-4-3-9-20-12-16)19(14-21)17-5-7-18(24-2)8-6-17/h3-9,12,19H,10-11,13-14H2,1-2H3. The van der Waals surface area contributed by atoms with Crippen LogP contribution in [0, 0.1) is 0 Å². The second-order valence-corrected chi connectivity index (χ2v) is 6.09. The molecule has 1 aliphatic heterocycles. The second kappa shape index (κ2) is 7.45. The third-order valence-electron chi connectivity index (χ3n) is 4.55. The van der Waals surface area contributed by atoms with Crippen LogP contribution in [0.15, 0.2) is 48.8 Å². The monoisotopic (exact) mass is 325 g/mol. The van der Waals surface area contributed by atoms with Crippen LogP contribution in [0.5, 0.6) is 5.75 Å². The van der Waals surface area contributed by atoms with Gasteiger partial charge in [0.1, 0.15) is 5.75 Å². The lowest BCUT2D eigenvalue weighted by molar-refractivity contribution is -0.132. The molecule has 3 rings (SSSR count). The first-order chi connectivity index (χ1) is 11.7. The zero-order valence-electron chi connectivity index (χ0n) is 14.2. The van der Waals surface area contributed by atoms with Crippen molar-refractivity contribution in [3.8, 4) is 5.75 Å². The van der Waals surface area contributed by atoms with Gasteiger partial charge in [-0.25, -0.2) is 0 Å². The maximum Gasteiger partial charge on any atom is 0.219 e. The molecule has 0 saturated carbocycles. The summed E-state index contributed by atoms with van der Waals surface area (Å²) in [6, 6.07) is 12.4. The first-order valence-corrected chi connectivity index (χ1v) is 8.20. The van der Waals surface area contributed by atoms with Crippen LogP contribution in [0.25, 0.3) is 0 Å². The van der Waals surface area contributed by atoms with Crippen molar-refractivity contribution in [3.63, 3.8) is 0 Å². The van der Waals surface area contributed by atoms with Crippen molar-refractivity contribution in [1.29, 1.82) is 0 Å². The lowest BCUT2D eigenvalue weighted by Crippen LogP contribution is -2.49. The Kier molecular flexibility index (Phi) is 5.11. The van der Waals surface area contributed by atoms with Crippen LogP contribution in [-0.4, -0.2) is 47.4 Å². The maximum atomic E-state index is 11.8. The minimum Gasteiger partial charge on any atom is -0.497 e. The van der Waals surface area contributed by atoms with Crippen LogP contribution in [-0.2, 0) is 11.3 Å². The molecule has 0 spiro atoms. The molecule has 1 aromatic heterocycles. The van der Waals surface area contributed by atoms with Crippen LogP contribution in [0.4, 0.5) is 0 Å². The van der Waals surface area contributed by atoms with E-state index in [2.05, 4.69) is 28.1 Å². The van der Waals surface area contributed by atoms with Crippen molar-refractivity contribution in [3.05, 3.63) is 59.9 Å². The SMILES string of the molecule is COc1ccc(C2CN(C(C)=O)CCN2Cc2cccnc2)cc1. The van der Waals surface area contributed by atoms with E-state index in [9.17, 15) is 4.79 Å². The molecule has 0 bridgehead atoms. The summed E-state index contributed by atoms with van der Waals surface area (Å²) in [5, 5.41) is 0. The summed E-state index contributed by atoms with van der Waals surface area (Å²) < 4.78 is 5.25. The largest absolute Gasteiger partial charge is 0.497 e. The number of ether oxygens (including phenoxy) is 1. The van der Waals surface area contributed by atoms with Gasteiger partial charge in [-0.1, -0.05) is 18.2 Å². The Labute approximate surface area is 142 Å². The molecule has 5 nitrogen and oxygen atoms in total. The molecule has 1 aromatic carbocycles. The average molecular weight is 325 g/mol. The third-order valence-corrected chi connectivity index (χ3v) is 4.55. The van der Waals surface area contributed by atoms with Crippen molar-refractivity contribution in [1.82, 2.24) is 14.8 Å². The molecule has 2 heterocycles. The Morgan fingerprint density at radius 3 is 2.67 bits per heavy atom. The zero-order valence-corrected chi connectivity index (χ0v) is 14.2. The Bertz CT molecular complexity index is 673. The fraction of sp³-hybridized carbons (Fsp3) is 0.368. The minimum absolute atomic E-state index is 0.134. The molecule has 1 saturated heterocycles. The van der Waals surface area contributed by atoms with Crippen molar-refractivity contribution in [2.45, 2.75) is 19.5 Å². The first-order valence-electron chi connectivity index (χ1n) is 8.20. The highest BCUT2D eigenvalue weighted by Crippen LogP contribution is 2.28. The van der Waals surface area contributed by atoms with Gasteiger partial charge in [0.05, 0.1) is 13.2 Å². The summed E-state index contributed by atoms with van der Waals surface area (Å²) in [5.41, 5.74) is 2.39. The van der Waals surface area contributed by atoms with E-state index in [4.69, 9.17) is 4.74 Å². The van der Waals surface area contributed by atoms with E-state index in [1.54, 1.807) is 20.2 Å². The number of methoxy groups -OCH3 is 1. The lowest BCUT2D eigenvalue weighted by atomic mass is 10.0. The summed E-state index contributed by atoms with van der Waals surface area (Å²) in [4.78, 5) is 20.4. The number of piperazine rings is 1. The van der Waals surface area contributed by atoms with Gasteiger partial charge in [-0.2, -0.15) is 0 Å². The molecular weight excluding hydrogens is 302 g/mol. The van der Waals surface area contributed by atoms with Crippen molar-refractivity contribution >= 4 is 5.91 Å². The lowest BCUT2D eigenvalue weighted by Gasteiger charge is -2.41. The predicted octanol–water partition coefficient (Wildman–Crippen LogP) is 2.50. The van der Waals surface area contributed by atoms with E-state index in [0.29, 0.717) is 6.54 Å². The number of rotatable bonds is 4. The fourth-order valence-corrected chi connectivity index (χ4v) is 3.16. The van der Waals surface area contributed by atoms with Crippen LogP contribution >= 0.6 is 0 Å². The van der Waals surface area contributed by atoms with E-state index in [1.807, 2.05) is 29.3 Å². The predicted molar refractivity (Wildman–Crippen MR) is 92.6 cm³/mol. The summed E-state index contributed by atoms with van der Waals surface area (Å²) in [7, 11) is 1.67. The van der Waals surface area contributed by atoms with Gasteiger partial charge in [-0.15, -0.1) is 0 Å². The van der Waals surface area contributed by atoms with E-state index >= 15 is 0 Å². The van der Waals surface area contributed by atoms with Gasteiger partial charge < -0.3 is 9.64 Å². The van der Waals surface area contributed by atoms with Gasteiger partial charge in [0.15, 0.2) is 0 Å². The van der Waals surface area contributed by atoms with Crippen LogP contribution in [0.2, 0.25) is 0 Å². The molecule has 1 unspecified atom stereocenters. The smallest absolute Gasteiger partial charge is 0.219 e. The summed E-state index contributed by atoms with van der Waals surface area (Å²) in [6.45, 7) is 4.80. The molecule has 24 heavy (non-hydrogen) atoms. The molecule has 1 amide bonds. The van der Waals surface area contributed by atoms with Crippen molar-refractivity contribution < 1.29 is 9.53 Å². The number of hydrogen-bond acceptors (Lipinski definition) is 4. The van der Waals surface area contributed by atoms with Gasteiger partial charge in [0.25, 0.3) is 0 Å². The molecule has 0 radical (unpaired) electrons. The summed E-state index contributed by atoms with van der Waals surface area (Å²) in [5.74, 6) is 0.978. The molecule has 1 aliphatic rings. The molecule has 1 fully saturated rings. The number of carbonyl (C=O) groups excluding carboxylic acids is 1. The third kappa shape index (κ3) is 3.74. The van der Waals surface area contributed by atoms with Crippen LogP contribution in [0.1, 0.15) is 24.1 Å². The van der Waals surface area contributed by atoms with Crippen molar-refractivity contribution in [2.75, 3.05) is 26.7 Å². The molecular formula is C19H23N3O2. The highest BCUT2D eigenvalue weighted by molar-refractivity contribution is 5.73. The summed E-state index contributed by atoms with van der Waals surface area (Å²) in [6.07, 6.45) is 3.70. The van der Waals surface area contributed by atoms with Crippen molar-refractivity contribution in [2.24, 2.45) is 0 Å². The Morgan fingerprint density at radius 1 is 1.25 bits per heavy atom. The Morgan fingerprint density at radius 2 is 2.04 bits per heavy atom. The molecule has 2 aromatic rings. The molecule has 0 N–H and O–H groups in total. The average Bonchev–Trinajstić information content (AvgIpc) is 2.63. The van der Waals surface area contributed by atoms with Crippen LogP contribution < -0.4 is 4.74 Å². The van der Waals surface area contributed by atoms with Gasteiger partial charge in [0.2, 0.25) is 5.91 Å². The molecule has 126 valence electrons. The number of benzene rings is 1. The normalized spacial score (nSPS) is 18.4. The second-order valence-electron chi connectivity index (χ2n) is 6.09. The number of carbonyl (C=O) groups is 1. The Hall–Kier alpha value is -2.40. The number of hydrogen-bond donors (Lipinski definition) is 0. The highest BCUT2D eigenvalue weighted by Gasteiger charge is 2.29. The molecule has 5 heteroatoms.